The number of nitrogens with zero attached hydrogens (tertiary/aromatic N) is 3. The van der Waals surface area contributed by atoms with E-state index in [2.05, 4.69) is 22.3 Å². The summed E-state index contributed by atoms with van der Waals surface area (Å²) in [6, 6.07) is 17.5. The Bertz CT molecular complexity index is 895. The molecule has 2 aliphatic rings. The summed E-state index contributed by atoms with van der Waals surface area (Å²) in [5.41, 5.74) is 1.96. The number of piperidine rings is 1. The number of para-hydroxylation sites is 1. The minimum absolute atomic E-state index is 0.00307. The summed E-state index contributed by atoms with van der Waals surface area (Å²) in [5, 5.41) is 2.93. The van der Waals surface area contributed by atoms with Gasteiger partial charge in [0, 0.05) is 56.6 Å². The van der Waals surface area contributed by atoms with Crippen LogP contribution in [0.1, 0.15) is 19.3 Å². The van der Waals surface area contributed by atoms with Crippen molar-refractivity contribution in [3.8, 4) is 5.75 Å². The second-order valence-electron chi connectivity index (χ2n) is 8.42. The lowest BCUT2D eigenvalue weighted by molar-refractivity contribution is -0.136. The van der Waals surface area contributed by atoms with Crippen LogP contribution in [0.5, 0.6) is 5.75 Å². The van der Waals surface area contributed by atoms with E-state index in [0.717, 1.165) is 62.6 Å². The van der Waals surface area contributed by atoms with Crippen molar-refractivity contribution in [2.45, 2.75) is 19.3 Å². The van der Waals surface area contributed by atoms with Crippen LogP contribution in [0.25, 0.3) is 0 Å². The molecule has 0 radical (unpaired) electrons. The van der Waals surface area contributed by atoms with E-state index in [1.54, 1.807) is 7.11 Å². The van der Waals surface area contributed by atoms with Gasteiger partial charge in [-0.15, -0.1) is 0 Å². The van der Waals surface area contributed by atoms with Crippen molar-refractivity contribution in [3.05, 3.63) is 54.6 Å². The number of rotatable bonds is 4. The standard InChI is InChI=1S/C25H32N4O3/c1-32-23-10-8-22(9-11-23)27-14-5-15-28(19-18-27)24(30)20-12-16-29(17-13-20)25(31)26-21-6-3-2-4-7-21/h2-4,6-11,20H,5,12-19H2,1H3,(H,26,31). The van der Waals surface area contributed by atoms with Crippen molar-refractivity contribution >= 4 is 23.3 Å². The van der Waals surface area contributed by atoms with Crippen LogP contribution >= 0.6 is 0 Å². The largest absolute Gasteiger partial charge is 0.497 e. The molecular formula is C25H32N4O3. The number of benzene rings is 2. The van der Waals surface area contributed by atoms with Gasteiger partial charge < -0.3 is 24.8 Å². The summed E-state index contributed by atoms with van der Waals surface area (Å²) in [4.78, 5) is 31.8. The van der Waals surface area contributed by atoms with Gasteiger partial charge in [0.05, 0.1) is 7.11 Å². The maximum absolute atomic E-state index is 13.2. The molecule has 0 unspecified atom stereocenters. The van der Waals surface area contributed by atoms with E-state index in [0.29, 0.717) is 13.1 Å². The third-order valence-electron chi connectivity index (χ3n) is 6.40. The topological polar surface area (TPSA) is 65.1 Å². The van der Waals surface area contributed by atoms with Crippen LogP contribution in [0.15, 0.2) is 54.6 Å². The highest BCUT2D eigenvalue weighted by atomic mass is 16.5. The Balaban J connectivity index is 1.26. The van der Waals surface area contributed by atoms with Gasteiger partial charge in [0.2, 0.25) is 5.91 Å². The number of likely N-dealkylation sites (tertiary alicyclic amines) is 1. The number of carbonyl (C=O) groups is 2. The summed E-state index contributed by atoms with van der Waals surface area (Å²) in [5.74, 6) is 1.09. The zero-order valence-electron chi connectivity index (χ0n) is 18.7. The van der Waals surface area contributed by atoms with Crippen LogP contribution in [-0.2, 0) is 4.79 Å². The van der Waals surface area contributed by atoms with Gasteiger partial charge in [-0.25, -0.2) is 4.79 Å². The second-order valence-corrected chi connectivity index (χ2v) is 8.42. The average molecular weight is 437 g/mol. The zero-order chi connectivity index (χ0) is 22.3. The first-order chi connectivity index (χ1) is 15.6. The summed E-state index contributed by atoms with van der Waals surface area (Å²) in [6.45, 7) is 4.52. The molecule has 0 atom stereocenters. The van der Waals surface area contributed by atoms with Crippen molar-refractivity contribution in [2.24, 2.45) is 5.92 Å². The summed E-state index contributed by atoms with van der Waals surface area (Å²) >= 11 is 0. The van der Waals surface area contributed by atoms with Crippen LogP contribution in [0.3, 0.4) is 0 Å². The van der Waals surface area contributed by atoms with Gasteiger partial charge in [0.1, 0.15) is 5.75 Å². The van der Waals surface area contributed by atoms with Gasteiger partial charge in [-0.1, -0.05) is 18.2 Å². The number of hydrogen-bond acceptors (Lipinski definition) is 4. The molecule has 2 heterocycles. The van der Waals surface area contributed by atoms with Crippen molar-refractivity contribution < 1.29 is 14.3 Å². The smallest absolute Gasteiger partial charge is 0.321 e. The molecule has 32 heavy (non-hydrogen) atoms. The Hall–Kier alpha value is -3.22. The van der Waals surface area contributed by atoms with E-state index < -0.39 is 0 Å². The van der Waals surface area contributed by atoms with Gasteiger partial charge in [-0.3, -0.25) is 4.79 Å². The number of carbonyl (C=O) groups excluding carboxylic acids is 2. The third-order valence-corrected chi connectivity index (χ3v) is 6.40. The molecule has 3 amide bonds. The van der Waals surface area contributed by atoms with E-state index in [1.807, 2.05) is 52.3 Å². The molecule has 0 aromatic heterocycles. The highest BCUT2D eigenvalue weighted by molar-refractivity contribution is 5.89. The lowest BCUT2D eigenvalue weighted by Gasteiger charge is -2.34. The first kappa shape index (κ1) is 22.0. The second kappa shape index (κ2) is 10.4. The molecule has 0 spiro atoms. The van der Waals surface area contributed by atoms with Crippen molar-refractivity contribution in [1.29, 1.82) is 0 Å². The van der Waals surface area contributed by atoms with E-state index in [9.17, 15) is 9.59 Å². The fourth-order valence-corrected chi connectivity index (χ4v) is 4.50. The molecule has 170 valence electrons. The highest BCUT2D eigenvalue weighted by Crippen LogP contribution is 2.24. The number of urea groups is 1. The van der Waals surface area contributed by atoms with Crippen LogP contribution in [0.2, 0.25) is 0 Å². The minimum atomic E-state index is -0.0907. The third kappa shape index (κ3) is 5.33. The Morgan fingerprint density at radius 1 is 0.844 bits per heavy atom. The molecule has 2 fully saturated rings. The quantitative estimate of drug-likeness (QED) is 0.794. The molecule has 0 aliphatic carbocycles. The van der Waals surface area contributed by atoms with Crippen molar-refractivity contribution in [1.82, 2.24) is 9.80 Å². The monoisotopic (exact) mass is 436 g/mol. The normalized spacial score (nSPS) is 17.6. The average Bonchev–Trinajstić information content (AvgIpc) is 3.11. The molecule has 0 bridgehead atoms. The summed E-state index contributed by atoms with van der Waals surface area (Å²) in [7, 11) is 1.67. The van der Waals surface area contributed by atoms with E-state index in [4.69, 9.17) is 4.74 Å². The van der Waals surface area contributed by atoms with Gasteiger partial charge in [0.15, 0.2) is 0 Å². The number of methoxy groups -OCH3 is 1. The fourth-order valence-electron chi connectivity index (χ4n) is 4.50. The Morgan fingerprint density at radius 3 is 2.25 bits per heavy atom. The van der Waals surface area contributed by atoms with Crippen molar-refractivity contribution in [3.63, 3.8) is 0 Å². The summed E-state index contributed by atoms with van der Waals surface area (Å²) in [6.07, 6.45) is 2.40. The van der Waals surface area contributed by atoms with Crippen LogP contribution in [-0.4, -0.2) is 68.1 Å². The maximum Gasteiger partial charge on any atom is 0.321 e. The predicted octanol–water partition coefficient (Wildman–Crippen LogP) is 3.68. The lowest BCUT2D eigenvalue weighted by Crippen LogP contribution is -2.46. The first-order valence-corrected chi connectivity index (χ1v) is 11.4. The number of amides is 3. The fraction of sp³-hybridized carbons (Fsp3) is 0.440. The SMILES string of the molecule is COc1ccc(N2CCCN(C(=O)C3CCN(C(=O)Nc4ccccc4)CC3)CC2)cc1. The highest BCUT2D eigenvalue weighted by Gasteiger charge is 2.31. The van der Waals surface area contributed by atoms with Crippen LogP contribution in [0.4, 0.5) is 16.2 Å². The number of nitrogens with one attached hydrogen (secondary N) is 1. The van der Waals surface area contributed by atoms with E-state index in [-0.39, 0.29) is 17.9 Å². The summed E-state index contributed by atoms with van der Waals surface area (Å²) < 4.78 is 5.25. The van der Waals surface area contributed by atoms with E-state index >= 15 is 0 Å². The number of ether oxygens (including phenoxy) is 1. The zero-order valence-corrected chi connectivity index (χ0v) is 18.7. The van der Waals surface area contributed by atoms with E-state index in [1.165, 1.54) is 0 Å². The molecule has 2 aliphatic heterocycles. The van der Waals surface area contributed by atoms with Crippen molar-refractivity contribution in [2.75, 3.05) is 56.6 Å². The molecule has 0 saturated carbocycles. The molecular weight excluding hydrogens is 404 g/mol. The molecule has 2 saturated heterocycles. The molecule has 1 N–H and O–H groups in total. The molecule has 7 heteroatoms. The van der Waals surface area contributed by atoms with Gasteiger partial charge >= 0.3 is 6.03 Å². The van der Waals surface area contributed by atoms with Gasteiger partial charge in [0.25, 0.3) is 0 Å². The Morgan fingerprint density at radius 2 is 1.56 bits per heavy atom. The number of anilines is 2. The van der Waals surface area contributed by atoms with Gasteiger partial charge in [-0.2, -0.15) is 0 Å². The van der Waals surface area contributed by atoms with Crippen LogP contribution in [0, 0.1) is 5.92 Å². The van der Waals surface area contributed by atoms with Gasteiger partial charge in [-0.05, 0) is 55.7 Å². The predicted molar refractivity (Wildman–Crippen MR) is 126 cm³/mol. The van der Waals surface area contributed by atoms with Crippen LogP contribution < -0.4 is 15.0 Å². The molecule has 2 aromatic rings. The number of hydrogen-bond donors (Lipinski definition) is 1. The lowest BCUT2D eigenvalue weighted by atomic mass is 9.95. The Kier molecular flexibility index (Phi) is 7.14. The Labute approximate surface area is 189 Å². The molecule has 2 aromatic carbocycles. The minimum Gasteiger partial charge on any atom is -0.497 e. The first-order valence-electron chi connectivity index (χ1n) is 11.4. The molecule has 4 rings (SSSR count). The molecule has 7 nitrogen and oxygen atoms in total. The maximum atomic E-state index is 13.2.